The zero-order valence-corrected chi connectivity index (χ0v) is 14.3. The third-order valence-corrected chi connectivity index (χ3v) is 5.58. The molecule has 0 heterocycles. The zero-order valence-electron chi connectivity index (χ0n) is 12.0. The Kier molecular flexibility index (Phi) is 5.19. The largest absolute Gasteiger partial charge is 0.480 e. The van der Waals surface area contributed by atoms with Gasteiger partial charge < -0.3 is 5.11 Å². The molecule has 0 spiro atoms. The first-order valence-corrected chi connectivity index (χ1v) is 8.71. The van der Waals surface area contributed by atoms with Gasteiger partial charge in [-0.25, -0.2) is 13.2 Å². The van der Waals surface area contributed by atoms with Crippen LogP contribution in [0.15, 0.2) is 53.4 Å². The summed E-state index contributed by atoms with van der Waals surface area (Å²) >= 11 is 11.6. The molecule has 0 radical (unpaired) electrons. The predicted molar refractivity (Wildman–Crippen MR) is 89.7 cm³/mol. The molecule has 0 aliphatic rings. The van der Waals surface area contributed by atoms with Gasteiger partial charge in [0.15, 0.2) is 0 Å². The number of carbonyl (C=O) groups is 1. The van der Waals surface area contributed by atoms with Crippen molar-refractivity contribution < 1.29 is 18.3 Å². The van der Waals surface area contributed by atoms with Gasteiger partial charge in [-0.05, 0) is 55.5 Å². The zero-order chi connectivity index (χ0) is 17.2. The second kappa shape index (κ2) is 6.78. The molecule has 2 rings (SSSR count). The maximum absolute atomic E-state index is 12.9. The Labute approximate surface area is 144 Å². The summed E-state index contributed by atoms with van der Waals surface area (Å²) in [6, 6.07) is 10.1. The van der Waals surface area contributed by atoms with E-state index in [4.69, 9.17) is 23.2 Å². The van der Waals surface area contributed by atoms with Crippen molar-refractivity contribution in [2.24, 2.45) is 0 Å². The predicted octanol–water partition coefficient (Wildman–Crippen LogP) is 3.66. The van der Waals surface area contributed by atoms with Crippen LogP contribution in [0.1, 0.15) is 6.92 Å². The van der Waals surface area contributed by atoms with E-state index < -0.39 is 22.0 Å². The third-order valence-electron chi connectivity index (χ3n) is 3.16. The number of aliphatic carboxylic acids is 1. The van der Waals surface area contributed by atoms with Gasteiger partial charge in [0.05, 0.1) is 10.6 Å². The van der Waals surface area contributed by atoms with E-state index in [1.54, 1.807) is 0 Å². The van der Waals surface area contributed by atoms with Gasteiger partial charge in [-0.15, -0.1) is 0 Å². The van der Waals surface area contributed by atoms with E-state index in [1.807, 2.05) is 0 Å². The number of hydrogen-bond donors (Lipinski definition) is 1. The number of halogens is 2. The number of carboxylic acid groups (broad SMARTS) is 1. The molecule has 0 saturated carbocycles. The van der Waals surface area contributed by atoms with Gasteiger partial charge >= 0.3 is 5.97 Å². The van der Waals surface area contributed by atoms with E-state index in [2.05, 4.69) is 0 Å². The van der Waals surface area contributed by atoms with Crippen LogP contribution in [0.5, 0.6) is 0 Å². The van der Waals surface area contributed by atoms with Crippen LogP contribution in [0.25, 0.3) is 0 Å². The lowest BCUT2D eigenvalue weighted by molar-refractivity contribution is -0.137. The highest BCUT2D eigenvalue weighted by Gasteiger charge is 2.33. The molecule has 122 valence electrons. The average molecular weight is 374 g/mol. The minimum absolute atomic E-state index is 0.0510. The standard InChI is InChI=1S/C15H13Cl2NO4S/c1-10(15(19)20)18(13-6-2-11(16)3-7-13)23(21,22)14-8-4-12(17)5-9-14/h2-10H,1H3,(H,19,20). The summed E-state index contributed by atoms with van der Waals surface area (Å²) in [6.07, 6.45) is 0. The number of hydrogen-bond acceptors (Lipinski definition) is 3. The summed E-state index contributed by atoms with van der Waals surface area (Å²) in [5.41, 5.74) is 0.208. The van der Waals surface area contributed by atoms with Gasteiger partial charge in [0.1, 0.15) is 6.04 Å². The van der Waals surface area contributed by atoms with Gasteiger partial charge in [-0.1, -0.05) is 23.2 Å². The second-order valence-corrected chi connectivity index (χ2v) is 7.43. The highest BCUT2D eigenvalue weighted by molar-refractivity contribution is 7.92. The molecule has 0 amide bonds. The average Bonchev–Trinajstić information content (AvgIpc) is 2.49. The first-order valence-electron chi connectivity index (χ1n) is 6.52. The van der Waals surface area contributed by atoms with E-state index in [0.717, 1.165) is 4.31 Å². The Morgan fingerprint density at radius 1 is 1.00 bits per heavy atom. The smallest absolute Gasteiger partial charge is 0.327 e. The Bertz CT molecular complexity index is 804. The van der Waals surface area contributed by atoms with Crippen LogP contribution >= 0.6 is 23.2 Å². The van der Waals surface area contributed by atoms with E-state index in [0.29, 0.717) is 10.0 Å². The molecule has 2 aromatic carbocycles. The van der Waals surface area contributed by atoms with Gasteiger partial charge in [-0.2, -0.15) is 0 Å². The third kappa shape index (κ3) is 3.77. The Hall–Kier alpha value is -1.76. The van der Waals surface area contributed by atoms with Crippen LogP contribution < -0.4 is 4.31 Å². The molecule has 1 atom stereocenters. The molecule has 23 heavy (non-hydrogen) atoms. The number of benzene rings is 2. The maximum Gasteiger partial charge on any atom is 0.327 e. The molecule has 0 fully saturated rings. The Morgan fingerprint density at radius 3 is 1.87 bits per heavy atom. The van der Waals surface area contributed by atoms with Crippen molar-refractivity contribution in [2.45, 2.75) is 17.9 Å². The molecule has 0 aromatic heterocycles. The van der Waals surface area contributed by atoms with Crippen molar-refractivity contribution in [3.05, 3.63) is 58.6 Å². The van der Waals surface area contributed by atoms with Crippen LogP contribution in [-0.2, 0) is 14.8 Å². The van der Waals surface area contributed by atoms with Crippen LogP contribution in [0.3, 0.4) is 0 Å². The number of carboxylic acids is 1. The lowest BCUT2D eigenvalue weighted by atomic mass is 10.2. The second-order valence-electron chi connectivity index (χ2n) is 4.75. The van der Waals surface area contributed by atoms with Gasteiger partial charge in [0, 0.05) is 10.0 Å². The van der Waals surface area contributed by atoms with Crippen molar-refractivity contribution in [1.29, 1.82) is 0 Å². The number of nitrogens with zero attached hydrogens (tertiary/aromatic N) is 1. The van der Waals surface area contributed by atoms with Gasteiger partial charge in [0.25, 0.3) is 10.0 Å². The molecule has 1 unspecified atom stereocenters. The summed E-state index contributed by atoms with van der Waals surface area (Å²) in [4.78, 5) is 11.3. The molecule has 0 aliphatic heterocycles. The number of rotatable bonds is 5. The molecule has 0 saturated heterocycles. The van der Waals surface area contributed by atoms with Crippen molar-refractivity contribution in [2.75, 3.05) is 4.31 Å². The molecule has 2 aromatic rings. The quantitative estimate of drug-likeness (QED) is 0.867. The monoisotopic (exact) mass is 373 g/mol. The maximum atomic E-state index is 12.9. The molecule has 1 N–H and O–H groups in total. The highest BCUT2D eigenvalue weighted by atomic mass is 35.5. The lowest BCUT2D eigenvalue weighted by Gasteiger charge is -2.28. The minimum atomic E-state index is -4.08. The summed E-state index contributed by atoms with van der Waals surface area (Å²) in [5.74, 6) is -1.27. The van der Waals surface area contributed by atoms with Crippen molar-refractivity contribution >= 4 is 44.9 Å². The molecular formula is C15H13Cl2NO4S. The topological polar surface area (TPSA) is 74.7 Å². The van der Waals surface area contributed by atoms with E-state index in [-0.39, 0.29) is 10.6 Å². The Balaban J connectivity index is 2.58. The lowest BCUT2D eigenvalue weighted by Crippen LogP contribution is -2.43. The van der Waals surface area contributed by atoms with Gasteiger partial charge in [0.2, 0.25) is 0 Å². The SMILES string of the molecule is CC(C(=O)O)N(c1ccc(Cl)cc1)S(=O)(=O)c1ccc(Cl)cc1. The first kappa shape index (κ1) is 17.6. The minimum Gasteiger partial charge on any atom is -0.480 e. The molecule has 0 bridgehead atoms. The Morgan fingerprint density at radius 2 is 1.43 bits per heavy atom. The fourth-order valence-corrected chi connectivity index (χ4v) is 3.84. The fraction of sp³-hybridized carbons (Fsp3) is 0.133. The van der Waals surface area contributed by atoms with Crippen LogP contribution in [0, 0.1) is 0 Å². The van der Waals surface area contributed by atoms with E-state index in [1.165, 1.54) is 55.5 Å². The number of sulfonamides is 1. The van der Waals surface area contributed by atoms with E-state index in [9.17, 15) is 18.3 Å². The van der Waals surface area contributed by atoms with Crippen LogP contribution in [0.2, 0.25) is 10.0 Å². The molecule has 8 heteroatoms. The normalized spacial score (nSPS) is 12.7. The fourth-order valence-electron chi connectivity index (χ4n) is 1.98. The van der Waals surface area contributed by atoms with Crippen molar-refractivity contribution in [3.63, 3.8) is 0 Å². The van der Waals surface area contributed by atoms with Crippen LogP contribution in [-0.4, -0.2) is 25.5 Å². The molecular weight excluding hydrogens is 361 g/mol. The summed E-state index contributed by atoms with van der Waals surface area (Å²) in [6.45, 7) is 1.30. The van der Waals surface area contributed by atoms with E-state index >= 15 is 0 Å². The first-order chi connectivity index (χ1) is 10.7. The molecule has 5 nitrogen and oxygen atoms in total. The highest BCUT2D eigenvalue weighted by Crippen LogP contribution is 2.28. The molecule has 0 aliphatic carbocycles. The van der Waals surface area contributed by atoms with Crippen molar-refractivity contribution in [1.82, 2.24) is 0 Å². The number of anilines is 1. The van der Waals surface area contributed by atoms with Gasteiger partial charge in [-0.3, -0.25) is 4.31 Å². The van der Waals surface area contributed by atoms with Crippen LogP contribution in [0.4, 0.5) is 5.69 Å². The van der Waals surface area contributed by atoms with Crippen molar-refractivity contribution in [3.8, 4) is 0 Å². The summed E-state index contributed by atoms with van der Waals surface area (Å²) < 4.78 is 26.6. The summed E-state index contributed by atoms with van der Waals surface area (Å²) in [5, 5.41) is 10.1. The summed E-state index contributed by atoms with van der Waals surface area (Å²) in [7, 11) is -4.08.